The fraction of sp³-hybridized carbons (Fsp3) is 0.333. The lowest BCUT2D eigenvalue weighted by atomic mass is 10.1. The van der Waals surface area contributed by atoms with Gasteiger partial charge < -0.3 is 15.1 Å². The van der Waals surface area contributed by atoms with Crippen LogP contribution >= 0.6 is 0 Å². The Balaban J connectivity index is 1.67. The second-order valence-corrected chi connectivity index (χ2v) is 9.74. The molecule has 1 fully saturated rings. The van der Waals surface area contributed by atoms with Crippen LogP contribution < -0.4 is 5.32 Å². The molecule has 1 aliphatic rings. The number of likely N-dealkylation sites (N-methyl/N-ethyl adjacent to an activating group) is 1. The van der Waals surface area contributed by atoms with Crippen molar-refractivity contribution in [2.45, 2.75) is 11.4 Å². The summed E-state index contributed by atoms with van der Waals surface area (Å²) in [4.78, 5) is 39.1. The summed E-state index contributed by atoms with van der Waals surface area (Å²) < 4.78 is 23.6. The van der Waals surface area contributed by atoms with Gasteiger partial charge in [-0.25, -0.2) is 8.42 Å². The molecule has 0 bridgehead atoms. The number of non-ortho nitro benzene ring substituents is 1. The van der Waals surface area contributed by atoms with Crippen LogP contribution in [0, 0.1) is 10.1 Å². The maximum absolute atomic E-state index is 12.6. The first-order chi connectivity index (χ1) is 15.0. The number of nitrogens with one attached hydrogen (secondary N) is 1. The van der Waals surface area contributed by atoms with E-state index in [4.69, 9.17) is 0 Å². The number of hydrogen-bond donors (Lipinski definition) is 1. The summed E-state index contributed by atoms with van der Waals surface area (Å²) in [5.41, 5.74) is 0.675. The zero-order valence-electron chi connectivity index (χ0n) is 17.8. The number of benzene rings is 2. The summed E-state index contributed by atoms with van der Waals surface area (Å²) in [6.07, 6.45) is 0.915. The fourth-order valence-corrected chi connectivity index (χ4v) is 3.95. The van der Waals surface area contributed by atoms with E-state index >= 15 is 0 Å². The van der Waals surface area contributed by atoms with E-state index in [-0.39, 0.29) is 22.9 Å². The van der Waals surface area contributed by atoms with Crippen molar-refractivity contribution in [3.8, 4) is 0 Å². The second kappa shape index (κ2) is 9.45. The van der Waals surface area contributed by atoms with Crippen molar-refractivity contribution >= 4 is 27.3 Å². The Bertz CT molecular complexity index is 1140. The standard InChI is InChI=1S/C21H24N4O6S/c1-23-7-9-24(10-8-23)21(27)16-5-3-15(4-6-16)14-22-20(26)17-11-18(25(28)29)13-19(12-17)32(2,30)31/h3-6,11-13H,7-10,14H2,1-2H3,(H,22,26). The van der Waals surface area contributed by atoms with Crippen molar-refractivity contribution in [1.82, 2.24) is 15.1 Å². The monoisotopic (exact) mass is 460 g/mol. The van der Waals surface area contributed by atoms with Crippen LogP contribution in [-0.4, -0.2) is 74.4 Å². The van der Waals surface area contributed by atoms with Crippen molar-refractivity contribution in [3.63, 3.8) is 0 Å². The molecule has 1 aliphatic heterocycles. The third kappa shape index (κ3) is 5.68. The van der Waals surface area contributed by atoms with E-state index in [0.717, 1.165) is 43.1 Å². The quantitative estimate of drug-likeness (QED) is 0.508. The fourth-order valence-electron chi connectivity index (χ4n) is 3.28. The SMILES string of the molecule is CN1CCN(C(=O)c2ccc(CNC(=O)c3cc([N+](=O)[O-])cc(S(C)(=O)=O)c3)cc2)CC1. The molecule has 10 nitrogen and oxygen atoms in total. The largest absolute Gasteiger partial charge is 0.348 e. The number of carbonyl (C=O) groups is 2. The van der Waals surface area contributed by atoms with Crippen molar-refractivity contribution < 1.29 is 22.9 Å². The molecule has 0 radical (unpaired) electrons. The number of sulfone groups is 1. The summed E-state index contributed by atoms with van der Waals surface area (Å²) in [5.74, 6) is -0.685. The number of rotatable bonds is 6. The van der Waals surface area contributed by atoms with Gasteiger partial charge in [-0.1, -0.05) is 12.1 Å². The van der Waals surface area contributed by atoms with Crippen molar-refractivity contribution in [1.29, 1.82) is 0 Å². The smallest absolute Gasteiger partial charge is 0.271 e. The van der Waals surface area contributed by atoms with Crippen LogP contribution in [0.4, 0.5) is 5.69 Å². The molecule has 1 N–H and O–H groups in total. The lowest BCUT2D eigenvalue weighted by molar-refractivity contribution is -0.385. The van der Waals surface area contributed by atoms with Crippen molar-refractivity contribution in [3.05, 3.63) is 69.3 Å². The number of carbonyl (C=O) groups excluding carboxylic acids is 2. The average Bonchev–Trinajstić information content (AvgIpc) is 2.77. The maximum atomic E-state index is 12.6. The van der Waals surface area contributed by atoms with Gasteiger partial charge in [-0.2, -0.15) is 0 Å². The number of hydrogen-bond acceptors (Lipinski definition) is 7. The van der Waals surface area contributed by atoms with Crippen molar-refractivity contribution in [2.24, 2.45) is 0 Å². The van der Waals surface area contributed by atoms with Gasteiger partial charge in [0.05, 0.1) is 9.82 Å². The molecule has 1 saturated heterocycles. The van der Waals surface area contributed by atoms with E-state index in [2.05, 4.69) is 10.2 Å². The topological polar surface area (TPSA) is 130 Å². The van der Waals surface area contributed by atoms with E-state index in [9.17, 15) is 28.1 Å². The van der Waals surface area contributed by atoms with E-state index < -0.39 is 26.4 Å². The van der Waals surface area contributed by atoms with Crippen LogP contribution in [0.15, 0.2) is 47.4 Å². The minimum Gasteiger partial charge on any atom is -0.348 e. The highest BCUT2D eigenvalue weighted by atomic mass is 32.2. The van der Waals surface area contributed by atoms with Gasteiger partial charge in [-0.3, -0.25) is 19.7 Å². The predicted molar refractivity (Wildman–Crippen MR) is 117 cm³/mol. The van der Waals surface area contributed by atoms with E-state index in [1.54, 1.807) is 29.2 Å². The minimum absolute atomic E-state index is 0.0430. The molecule has 32 heavy (non-hydrogen) atoms. The Hall–Kier alpha value is -3.31. The molecule has 3 rings (SSSR count). The minimum atomic E-state index is -3.73. The lowest BCUT2D eigenvalue weighted by Crippen LogP contribution is -2.47. The number of piperazine rings is 1. The van der Waals surface area contributed by atoms with Gasteiger partial charge in [0.1, 0.15) is 0 Å². The molecule has 2 aromatic rings. The first-order valence-corrected chi connectivity index (χ1v) is 11.8. The van der Waals surface area contributed by atoms with Crippen LogP contribution in [0.2, 0.25) is 0 Å². The molecule has 0 unspecified atom stereocenters. The molecule has 170 valence electrons. The molecule has 2 aromatic carbocycles. The van der Waals surface area contributed by atoms with Gasteiger partial charge in [-0.05, 0) is 30.8 Å². The van der Waals surface area contributed by atoms with Gasteiger partial charge in [0.2, 0.25) is 0 Å². The van der Waals surface area contributed by atoms with Gasteiger partial charge in [0.15, 0.2) is 9.84 Å². The van der Waals surface area contributed by atoms with Gasteiger partial charge >= 0.3 is 0 Å². The molecule has 0 aromatic heterocycles. The summed E-state index contributed by atoms with van der Waals surface area (Å²) in [6.45, 7) is 3.11. The molecular formula is C21H24N4O6S. The second-order valence-electron chi connectivity index (χ2n) is 7.72. The summed E-state index contributed by atoms with van der Waals surface area (Å²) in [6, 6.07) is 9.88. The van der Waals surface area contributed by atoms with E-state index in [1.165, 1.54) is 0 Å². The maximum Gasteiger partial charge on any atom is 0.271 e. The van der Waals surface area contributed by atoms with Gasteiger partial charge in [0, 0.05) is 62.2 Å². The average molecular weight is 461 g/mol. The van der Waals surface area contributed by atoms with Crippen molar-refractivity contribution in [2.75, 3.05) is 39.5 Å². The number of nitrogens with zero attached hydrogens (tertiary/aromatic N) is 3. The number of amides is 2. The zero-order valence-corrected chi connectivity index (χ0v) is 18.6. The predicted octanol–water partition coefficient (Wildman–Crippen LogP) is 1.32. The van der Waals surface area contributed by atoms with Crippen LogP contribution in [0.5, 0.6) is 0 Å². The first kappa shape index (κ1) is 23.4. The summed E-state index contributed by atoms with van der Waals surface area (Å²) >= 11 is 0. The first-order valence-electron chi connectivity index (χ1n) is 9.89. The Morgan fingerprint density at radius 3 is 2.22 bits per heavy atom. The van der Waals surface area contributed by atoms with Crippen LogP contribution in [0.25, 0.3) is 0 Å². The van der Waals surface area contributed by atoms with Gasteiger partial charge in [-0.15, -0.1) is 0 Å². The highest BCUT2D eigenvalue weighted by Gasteiger charge is 2.21. The molecule has 2 amide bonds. The zero-order chi connectivity index (χ0) is 23.5. The Kier molecular flexibility index (Phi) is 6.90. The number of nitro groups is 1. The summed E-state index contributed by atoms with van der Waals surface area (Å²) in [7, 11) is -1.72. The molecule has 1 heterocycles. The molecule has 11 heteroatoms. The van der Waals surface area contributed by atoms with Crippen LogP contribution in [0.1, 0.15) is 26.3 Å². The molecule has 0 saturated carbocycles. The Morgan fingerprint density at radius 1 is 1.03 bits per heavy atom. The normalized spacial score (nSPS) is 14.8. The van der Waals surface area contributed by atoms with Gasteiger partial charge in [0.25, 0.3) is 17.5 Å². The molecule has 0 aliphatic carbocycles. The van der Waals surface area contributed by atoms with Crippen LogP contribution in [-0.2, 0) is 16.4 Å². The third-order valence-electron chi connectivity index (χ3n) is 5.24. The Morgan fingerprint density at radius 2 is 1.66 bits per heavy atom. The molecule has 0 spiro atoms. The number of nitro benzene ring substituents is 1. The Labute approximate surface area is 185 Å². The molecular weight excluding hydrogens is 436 g/mol. The third-order valence-corrected chi connectivity index (χ3v) is 6.33. The molecule has 0 atom stereocenters. The van der Waals surface area contributed by atoms with E-state index in [0.29, 0.717) is 18.7 Å². The van der Waals surface area contributed by atoms with Crippen LogP contribution in [0.3, 0.4) is 0 Å². The lowest BCUT2D eigenvalue weighted by Gasteiger charge is -2.32. The van der Waals surface area contributed by atoms with E-state index in [1.807, 2.05) is 7.05 Å². The highest BCUT2D eigenvalue weighted by molar-refractivity contribution is 7.90. The summed E-state index contributed by atoms with van der Waals surface area (Å²) in [5, 5.41) is 13.7. The highest BCUT2D eigenvalue weighted by Crippen LogP contribution is 2.21.